The summed E-state index contributed by atoms with van der Waals surface area (Å²) >= 11 is 0. The summed E-state index contributed by atoms with van der Waals surface area (Å²) in [5.74, 6) is -0.356. The molecule has 1 rings (SSSR count). The number of allylic oxidation sites excluding steroid dienone is 1. The van der Waals surface area contributed by atoms with Crippen molar-refractivity contribution in [3.8, 4) is 0 Å². The van der Waals surface area contributed by atoms with Gasteiger partial charge in [-0.05, 0) is 25.7 Å². The molecule has 0 aromatic carbocycles. The third kappa shape index (κ3) is 8.11. The molecule has 0 aromatic heterocycles. The van der Waals surface area contributed by atoms with Gasteiger partial charge in [0.15, 0.2) is 5.54 Å². The van der Waals surface area contributed by atoms with Gasteiger partial charge < -0.3 is 20.7 Å². The summed E-state index contributed by atoms with van der Waals surface area (Å²) < 4.78 is 5.05. The zero-order valence-corrected chi connectivity index (χ0v) is 16.7. The van der Waals surface area contributed by atoms with E-state index in [0.717, 1.165) is 51.4 Å². The van der Waals surface area contributed by atoms with E-state index in [1.165, 1.54) is 12.8 Å². The van der Waals surface area contributed by atoms with Crippen molar-refractivity contribution in [2.45, 2.75) is 102 Å². The van der Waals surface area contributed by atoms with E-state index in [9.17, 15) is 14.7 Å². The minimum Gasteiger partial charge on any atom is -0.458 e. The summed E-state index contributed by atoms with van der Waals surface area (Å²) in [6, 6.07) is 0. The molecule has 0 spiro atoms. The Labute approximate surface area is 163 Å². The summed E-state index contributed by atoms with van der Waals surface area (Å²) in [7, 11) is 0. The first-order chi connectivity index (χ1) is 13.0. The van der Waals surface area contributed by atoms with Crippen molar-refractivity contribution in [1.82, 2.24) is 0 Å². The van der Waals surface area contributed by atoms with E-state index in [4.69, 9.17) is 15.6 Å². The zero-order chi connectivity index (χ0) is 20.1. The fourth-order valence-corrected chi connectivity index (χ4v) is 3.26. The van der Waals surface area contributed by atoms with E-state index in [1.54, 1.807) is 0 Å². The number of hydrogen-bond donors (Lipinski definition) is 3. The van der Waals surface area contributed by atoms with Gasteiger partial charge in [-0.2, -0.15) is 0 Å². The van der Waals surface area contributed by atoms with Crippen LogP contribution in [-0.4, -0.2) is 46.3 Å². The Kier molecular flexibility index (Phi) is 11.5. The van der Waals surface area contributed by atoms with Crippen LogP contribution >= 0.6 is 0 Å². The van der Waals surface area contributed by atoms with Gasteiger partial charge in [-0.1, -0.05) is 51.2 Å². The van der Waals surface area contributed by atoms with Crippen LogP contribution in [-0.2, 0) is 14.3 Å². The number of aliphatic hydroxyl groups excluding tert-OH is 2. The van der Waals surface area contributed by atoms with Crippen molar-refractivity contribution in [3.63, 3.8) is 0 Å². The van der Waals surface area contributed by atoms with Crippen LogP contribution in [0.15, 0.2) is 12.2 Å². The molecule has 0 amide bonds. The highest BCUT2D eigenvalue weighted by molar-refractivity contribution is 5.84. The quantitative estimate of drug-likeness (QED) is 0.228. The SMILES string of the molecule is CCCCCCC(=O)CCCCCC/C=C\C[C@@H]1OC(=O)[C@@](N)(CO)[C@H]1O. The lowest BCUT2D eigenvalue weighted by molar-refractivity contribution is -0.146. The van der Waals surface area contributed by atoms with Gasteiger partial charge in [-0.25, -0.2) is 4.79 Å². The Morgan fingerprint density at radius 2 is 1.74 bits per heavy atom. The topological polar surface area (TPSA) is 110 Å². The molecule has 0 radical (unpaired) electrons. The maximum Gasteiger partial charge on any atom is 0.331 e. The molecule has 27 heavy (non-hydrogen) atoms. The molecule has 0 unspecified atom stereocenters. The summed E-state index contributed by atoms with van der Waals surface area (Å²) in [5.41, 5.74) is 3.97. The molecule has 0 bridgehead atoms. The molecule has 1 fully saturated rings. The van der Waals surface area contributed by atoms with Crippen molar-refractivity contribution in [1.29, 1.82) is 0 Å². The predicted octanol–water partition coefficient (Wildman–Crippen LogP) is 2.79. The van der Waals surface area contributed by atoms with Gasteiger partial charge in [0.1, 0.15) is 18.0 Å². The van der Waals surface area contributed by atoms with Crippen LogP contribution in [0.2, 0.25) is 0 Å². The molecule has 1 heterocycles. The maximum absolute atomic E-state index is 11.7. The molecule has 0 aromatic rings. The smallest absolute Gasteiger partial charge is 0.331 e. The van der Waals surface area contributed by atoms with Crippen LogP contribution in [0.25, 0.3) is 0 Å². The van der Waals surface area contributed by atoms with Gasteiger partial charge in [0.2, 0.25) is 0 Å². The number of cyclic esters (lactones) is 1. The largest absolute Gasteiger partial charge is 0.458 e. The van der Waals surface area contributed by atoms with Crippen molar-refractivity contribution in [3.05, 3.63) is 12.2 Å². The summed E-state index contributed by atoms with van der Waals surface area (Å²) in [6.07, 6.45) is 13.5. The first kappa shape index (κ1) is 23.8. The molecule has 6 heteroatoms. The van der Waals surface area contributed by atoms with Gasteiger partial charge in [-0.15, -0.1) is 0 Å². The normalized spacial score (nSPS) is 25.3. The van der Waals surface area contributed by atoms with Crippen LogP contribution in [0.5, 0.6) is 0 Å². The second-order valence-electron chi connectivity index (χ2n) is 7.60. The van der Waals surface area contributed by atoms with Crippen molar-refractivity contribution >= 4 is 11.8 Å². The van der Waals surface area contributed by atoms with Gasteiger partial charge >= 0.3 is 5.97 Å². The summed E-state index contributed by atoms with van der Waals surface area (Å²) in [6.45, 7) is 1.54. The fourth-order valence-electron chi connectivity index (χ4n) is 3.26. The second kappa shape index (κ2) is 13.0. The summed E-state index contributed by atoms with van der Waals surface area (Å²) in [4.78, 5) is 23.3. The molecule has 1 aliphatic rings. The Bertz CT molecular complexity index is 479. The average Bonchev–Trinajstić information content (AvgIpc) is 2.88. The average molecular weight is 384 g/mol. The van der Waals surface area contributed by atoms with Crippen molar-refractivity contribution in [2.24, 2.45) is 5.73 Å². The van der Waals surface area contributed by atoms with E-state index in [2.05, 4.69) is 6.92 Å². The monoisotopic (exact) mass is 383 g/mol. The number of ether oxygens (including phenoxy) is 1. The molecule has 1 saturated heterocycles. The number of rotatable bonds is 15. The third-order valence-electron chi connectivity index (χ3n) is 5.20. The van der Waals surface area contributed by atoms with Crippen LogP contribution in [0, 0.1) is 0 Å². The van der Waals surface area contributed by atoms with E-state index in [1.807, 2.05) is 12.2 Å². The molecule has 156 valence electrons. The van der Waals surface area contributed by atoms with Gasteiger partial charge in [-0.3, -0.25) is 4.79 Å². The lowest BCUT2D eigenvalue weighted by Crippen LogP contribution is -2.57. The van der Waals surface area contributed by atoms with Crippen LogP contribution < -0.4 is 5.73 Å². The second-order valence-corrected chi connectivity index (χ2v) is 7.60. The number of carbonyl (C=O) groups excluding carboxylic acids is 2. The lowest BCUT2D eigenvalue weighted by Gasteiger charge is -2.21. The highest BCUT2D eigenvalue weighted by Crippen LogP contribution is 2.26. The van der Waals surface area contributed by atoms with Crippen LogP contribution in [0.3, 0.4) is 0 Å². The zero-order valence-electron chi connectivity index (χ0n) is 16.7. The molecule has 4 N–H and O–H groups in total. The number of unbranched alkanes of at least 4 members (excludes halogenated alkanes) is 7. The van der Waals surface area contributed by atoms with Gasteiger partial charge in [0.05, 0.1) is 6.61 Å². The van der Waals surface area contributed by atoms with E-state index in [0.29, 0.717) is 18.6 Å². The van der Waals surface area contributed by atoms with E-state index in [-0.39, 0.29) is 0 Å². The lowest BCUT2D eigenvalue weighted by atomic mass is 9.93. The van der Waals surface area contributed by atoms with E-state index < -0.39 is 30.3 Å². The fraction of sp³-hybridized carbons (Fsp3) is 0.810. The molecule has 0 aliphatic carbocycles. The van der Waals surface area contributed by atoms with Crippen LogP contribution in [0.4, 0.5) is 0 Å². The third-order valence-corrected chi connectivity index (χ3v) is 5.20. The van der Waals surface area contributed by atoms with Crippen molar-refractivity contribution in [2.75, 3.05) is 6.61 Å². The Morgan fingerprint density at radius 1 is 1.11 bits per heavy atom. The summed E-state index contributed by atoms with van der Waals surface area (Å²) in [5, 5.41) is 19.2. The maximum atomic E-state index is 11.7. The number of carbonyl (C=O) groups is 2. The minimum absolute atomic E-state index is 0.387. The van der Waals surface area contributed by atoms with Gasteiger partial charge in [0, 0.05) is 19.3 Å². The standard InChI is InChI=1S/C21H37NO5/c1-2-3-4-10-13-17(24)14-11-8-6-5-7-9-12-15-18-19(25)21(22,16-23)20(26)27-18/h9,12,18-19,23,25H,2-8,10-11,13-16,22H2,1H3/b12-9-/t18-,19-,21+/m0/s1. The highest BCUT2D eigenvalue weighted by Gasteiger charge is 2.53. The number of aliphatic hydroxyl groups is 2. The molecule has 3 atom stereocenters. The number of ketones is 1. The predicted molar refractivity (Wildman–Crippen MR) is 105 cm³/mol. The molecule has 0 saturated carbocycles. The first-order valence-corrected chi connectivity index (χ1v) is 10.4. The van der Waals surface area contributed by atoms with Gasteiger partial charge in [0.25, 0.3) is 0 Å². The number of hydrogen-bond acceptors (Lipinski definition) is 6. The first-order valence-electron chi connectivity index (χ1n) is 10.4. The van der Waals surface area contributed by atoms with E-state index >= 15 is 0 Å². The van der Waals surface area contributed by atoms with Crippen LogP contribution in [0.1, 0.15) is 84.0 Å². The minimum atomic E-state index is -1.70. The number of nitrogens with two attached hydrogens (primary N) is 1. The number of esters is 1. The Morgan fingerprint density at radius 3 is 2.33 bits per heavy atom. The van der Waals surface area contributed by atoms with Crippen molar-refractivity contribution < 1.29 is 24.5 Å². The molecule has 6 nitrogen and oxygen atoms in total. The number of Topliss-reactive ketones (excluding diaryl/α,β-unsaturated/α-hetero) is 1. The Balaban J connectivity index is 2.03. The molecule has 1 aliphatic heterocycles. The highest BCUT2D eigenvalue weighted by atomic mass is 16.6. The Hall–Kier alpha value is -1.24. The molecular weight excluding hydrogens is 346 g/mol. The molecular formula is C21H37NO5.